The fourth-order valence-electron chi connectivity index (χ4n) is 6.76. The summed E-state index contributed by atoms with van der Waals surface area (Å²) in [5, 5.41) is 5.27. The van der Waals surface area contributed by atoms with Gasteiger partial charge in [-0.2, -0.15) is 0 Å². The average molecular weight is 718 g/mol. The maximum Gasteiger partial charge on any atom is 0.417 e. The second kappa shape index (κ2) is 14.4. The highest BCUT2D eigenvalue weighted by molar-refractivity contribution is 7.91. The van der Waals surface area contributed by atoms with Crippen LogP contribution in [-0.4, -0.2) is 45.6 Å². The molecule has 260 valence electrons. The van der Waals surface area contributed by atoms with Crippen molar-refractivity contribution in [2.75, 3.05) is 24.8 Å². The number of anilines is 2. The zero-order valence-corrected chi connectivity index (χ0v) is 29.1. The molecule has 2 N–H and O–H groups in total. The van der Waals surface area contributed by atoms with Gasteiger partial charge in [0.2, 0.25) is 9.84 Å². The number of methoxy groups -OCH3 is 1. The maximum atomic E-state index is 14.8. The van der Waals surface area contributed by atoms with Crippen LogP contribution < -0.4 is 24.8 Å². The van der Waals surface area contributed by atoms with E-state index in [9.17, 15) is 22.8 Å². The van der Waals surface area contributed by atoms with Crippen LogP contribution in [-0.2, 0) is 20.2 Å². The van der Waals surface area contributed by atoms with Crippen molar-refractivity contribution in [2.45, 2.75) is 53.9 Å². The van der Waals surface area contributed by atoms with E-state index < -0.39 is 33.5 Å². The SMILES string of the molecule is COc1cc(NC(=O)Oc2ccccc2)ccc1S(=O)(=O)c1c(Cl)ccc2c1C(CC1CCCCC1)(N(C)C(=O)Oc1ccccc1)C(=O)N2. The molecule has 1 unspecified atom stereocenters. The van der Waals surface area contributed by atoms with E-state index in [-0.39, 0.29) is 55.6 Å². The molecule has 0 radical (unpaired) electrons. The number of fused-ring (bicyclic) bond motifs is 1. The van der Waals surface area contributed by atoms with Crippen LogP contribution in [0.25, 0.3) is 0 Å². The van der Waals surface area contributed by atoms with Gasteiger partial charge in [0.05, 0.1) is 17.0 Å². The molecule has 3 amide bonds. The second-order valence-corrected chi connectivity index (χ2v) is 14.5. The third-order valence-corrected chi connectivity index (χ3v) is 11.5. The van der Waals surface area contributed by atoms with Crippen molar-refractivity contribution in [2.24, 2.45) is 5.92 Å². The van der Waals surface area contributed by atoms with Crippen molar-refractivity contribution in [1.29, 1.82) is 0 Å². The van der Waals surface area contributed by atoms with Gasteiger partial charge in [0.1, 0.15) is 22.1 Å². The van der Waals surface area contributed by atoms with Gasteiger partial charge in [0.25, 0.3) is 5.91 Å². The number of nitrogens with zero attached hydrogens (tertiary/aromatic N) is 1. The van der Waals surface area contributed by atoms with E-state index in [0.717, 1.165) is 32.1 Å². The van der Waals surface area contributed by atoms with Crippen LogP contribution in [0.2, 0.25) is 5.02 Å². The second-order valence-electron chi connectivity index (χ2n) is 12.3. The van der Waals surface area contributed by atoms with E-state index in [0.29, 0.717) is 5.75 Å². The number of carbonyl (C=O) groups excluding carboxylic acids is 3. The summed E-state index contributed by atoms with van der Waals surface area (Å²) >= 11 is 6.78. The summed E-state index contributed by atoms with van der Waals surface area (Å²) in [6.45, 7) is 0. The number of nitrogens with one attached hydrogen (secondary N) is 2. The van der Waals surface area contributed by atoms with Crippen molar-refractivity contribution in [3.05, 3.63) is 102 Å². The van der Waals surface area contributed by atoms with Crippen molar-refractivity contribution in [3.8, 4) is 17.2 Å². The minimum absolute atomic E-state index is 0.0116. The van der Waals surface area contributed by atoms with E-state index in [1.807, 2.05) is 0 Å². The fraction of sp³-hybridized carbons (Fsp3) is 0.270. The summed E-state index contributed by atoms with van der Waals surface area (Å²) < 4.78 is 46.1. The number of hydrogen-bond acceptors (Lipinski definition) is 8. The molecule has 0 bridgehead atoms. The molecule has 4 aromatic carbocycles. The van der Waals surface area contributed by atoms with E-state index in [2.05, 4.69) is 10.6 Å². The van der Waals surface area contributed by atoms with E-state index in [1.165, 1.54) is 49.4 Å². The molecule has 0 aromatic heterocycles. The summed E-state index contributed by atoms with van der Waals surface area (Å²) in [6.07, 6.45) is 3.09. The van der Waals surface area contributed by atoms with Gasteiger partial charge in [0.15, 0.2) is 5.54 Å². The van der Waals surface area contributed by atoms with Gasteiger partial charge in [-0.05, 0) is 60.9 Å². The van der Waals surface area contributed by atoms with Gasteiger partial charge in [-0.1, -0.05) is 80.1 Å². The maximum absolute atomic E-state index is 14.8. The molecule has 50 heavy (non-hydrogen) atoms. The Morgan fingerprint density at radius 3 is 2.20 bits per heavy atom. The summed E-state index contributed by atoms with van der Waals surface area (Å²) in [5.74, 6) is -0.0598. The molecular formula is C37H36ClN3O8S. The fourth-order valence-corrected chi connectivity index (χ4v) is 8.97. The minimum atomic E-state index is -4.56. The van der Waals surface area contributed by atoms with Gasteiger partial charge in [-0.3, -0.25) is 15.0 Å². The van der Waals surface area contributed by atoms with Gasteiger partial charge >= 0.3 is 12.2 Å². The van der Waals surface area contributed by atoms with Crippen LogP contribution in [0.3, 0.4) is 0 Å². The predicted molar refractivity (Wildman–Crippen MR) is 188 cm³/mol. The molecule has 1 aliphatic carbocycles. The normalized spacial score (nSPS) is 17.3. The van der Waals surface area contributed by atoms with Crippen molar-refractivity contribution in [3.63, 3.8) is 0 Å². The van der Waals surface area contributed by atoms with Crippen molar-refractivity contribution < 1.29 is 37.0 Å². The highest BCUT2D eigenvalue weighted by atomic mass is 35.5. The number of para-hydroxylation sites is 2. The van der Waals surface area contributed by atoms with E-state index in [4.69, 9.17) is 25.8 Å². The molecule has 0 spiro atoms. The highest BCUT2D eigenvalue weighted by Gasteiger charge is 2.56. The standard InChI is InChI=1S/C37H36ClN3O8S/c1-41(36(44)49-27-16-10-5-11-17-27)37(23-24-12-6-3-7-13-24)32-29(40-34(37)42)20-19-28(38)33(32)50(45,46)31-21-18-25(22-30(31)47-2)39-35(43)48-26-14-8-4-9-15-26/h4-5,8-11,14-22,24H,3,6-7,12-13,23H2,1-2H3,(H,39,43)(H,40,42). The third kappa shape index (κ3) is 6.73. The number of ether oxygens (including phenoxy) is 3. The molecule has 2 aliphatic rings. The summed E-state index contributed by atoms with van der Waals surface area (Å²) in [5.41, 5.74) is -1.30. The zero-order valence-electron chi connectivity index (χ0n) is 27.5. The Hall–Kier alpha value is -5.07. The summed E-state index contributed by atoms with van der Waals surface area (Å²) in [4.78, 5) is 41.3. The Bertz CT molecular complexity index is 2020. The molecule has 0 saturated heterocycles. The molecule has 13 heteroatoms. The van der Waals surface area contributed by atoms with E-state index in [1.54, 1.807) is 60.7 Å². The first kappa shape index (κ1) is 34.8. The number of benzene rings is 4. The van der Waals surface area contributed by atoms with Crippen LogP contribution >= 0.6 is 11.6 Å². The topological polar surface area (TPSA) is 140 Å². The Balaban J connectivity index is 1.43. The lowest BCUT2D eigenvalue weighted by Crippen LogP contribution is -2.54. The lowest BCUT2D eigenvalue weighted by molar-refractivity contribution is -0.127. The van der Waals surface area contributed by atoms with Crippen molar-refractivity contribution in [1.82, 2.24) is 4.90 Å². The first-order chi connectivity index (χ1) is 24.0. The lowest BCUT2D eigenvalue weighted by atomic mass is 9.76. The molecule has 1 atom stereocenters. The van der Waals surface area contributed by atoms with Crippen LogP contribution in [0.1, 0.15) is 44.1 Å². The van der Waals surface area contributed by atoms with Crippen LogP contribution in [0, 0.1) is 5.92 Å². The Kier molecular flexibility index (Phi) is 10.0. The average Bonchev–Trinajstić information content (AvgIpc) is 3.39. The number of sulfone groups is 1. The van der Waals surface area contributed by atoms with Gasteiger partial charge < -0.3 is 19.5 Å². The Morgan fingerprint density at radius 2 is 1.56 bits per heavy atom. The van der Waals surface area contributed by atoms with Crippen LogP contribution in [0.5, 0.6) is 17.2 Å². The monoisotopic (exact) mass is 717 g/mol. The quantitative estimate of drug-likeness (QED) is 0.177. The third-order valence-electron chi connectivity index (χ3n) is 9.17. The smallest absolute Gasteiger partial charge is 0.417 e. The number of rotatable bonds is 9. The molecule has 1 saturated carbocycles. The molecule has 1 fully saturated rings. The predicted octanol–water partition coefficient (Wildman–Crippen LogP) is 8.04. The number of amides is 3. The van der Waals surface area contributed by atoms with Gasteiger partial charge in [0, 0.05) is 30.1 Å². The molecule has 11 nitrogen and oxygen atoms in total. The van der Waals surface area contributed by atoms with Gasteiger partial charge in [-0.25, -0.2) is 18.0 Å². The molecule has 4 aromatic rings. The number of likely N-dealkylation sites (N-methyl/N-ethyl adjacent to an activating group) is 1. The van der Waals surface area contributed by atoms with Gasteiger partial charge in [-0.15, -0.1) is 0 Å². The minimum Gasteiger partial charge on any atom is -0.495 e. The Morgan fingerprint density at radius 1 is 0.920 bits per heavy atom. The molecule has 6 rings (SSSR count). The number of carbonyl (C=O) groups is 3. The number of hydrogen-bond donors (Lipinski definition) is 2. The lowest BCUT2D eigenvalue weighted by Gasteiger charge is -2.40. The highest BCUT2D eigenvalue weighted by Crippen LogP contribution is 2.52. The molecule has 1 heterocycles. The zero-order chi connectivity index (χ0) is 35.5. The van der Waals surface area contributed by atoms with Crippen LogP contribution in [0.4, 0.5) is 21.0 Å². The van der Waals surface area contributed by atoms with Crippen molar-refractivity contribution >= 4 is 50.9 Å². The first-order valence-corrected chi connectivity index (χ1v) is 18.0. The van der Waals surface area contributed by atoms with Crippen LogP contribution in [0.15, 0.2) is 101 Å². The Labute approximate surface area is 295 Å². The summed E-state index contributed by atoms with van der Waals surface area (Å²) in [7, 11) is -1.82. The molecule has 1 aliphatic heterocycles. The molecular weight excluding hydrogens is 682 g/mol. The van der Waals surface area contributed by atoms with E-state index >= 15 is 0 Å². The number of halogens is 1. The summed E-state index contributed by atoms with van der Waals surface area (Å²) in [6, 6.07) is 23.8. The largest absolute Gasteiger partial charge is 0.495 e. The first-order valence-electron chi connectivity index (χ1n) is 16.2.